The van der Waals surface area contributed by atoms with Gasteiger partial charge in [0, 0.05) is 13.0 Å². The van der Waals surface area contributed by atoms with Crippen LogP contribution >= 0.6 is 0 Å². The van der Waals surface area contributed by atoms with Crippen LogP contribution in [0.2, 0.25) is 0 Å². The van der Waals surface area contributed by atoms with Crippen molar-refractivity contribution in [3.05, 3.63) is 47.0 Å². The van der Waals surface area contributed by atoms with E-state index in [1.54, 1.807) is 6.33 Å². The quantitative estimate of drug-likeness (QED) is 0.633. The molecule has 0 aliphatic carbocycles. The third kappa shape index (κ3) is 3.19. The lowest BCUT2D eigenvalue weighted by molar-refractivity contribution is 0.510. The van der Waals surface area contributed by atoms with Gasteiger partial charge in [0.25, 0.3) is 0 Å². The van der Waals surface area contributed by atoms with Crippen LogP contribution in [0.3, 0.4) is 0 Å². The Balaban J connectivity index is 2.25. The molecule has 1 unspecified atom stereocenters. The van der Waals surface area contributed by atoms with Gasteiger partial charge < -0.3 is 0 Å². The predicted molar refractivity (Wildman–Crippen MR) is 75.4 cm³/mol. The Labute approximate surface area is 113 Å². The van der Waals surface area contributed by atoms with Crippen LogP contribution in [-0.4, -0.2) is 14.8 Å². The van der Waals surface area contributed by atoms with E-state index in [1.807, 2.05) is 4.68 Å². The van der Waals surface area contributed by atoms with E-state index in [2.05, 4.69) is 54.5 Å². The minimum absolute atomic E-state index is 0.0492. The Bertz CT molecular complexity index is 526. The average molecular weight is 259 g/mol. The molecule has 3 N–H and O–H groups in total. The van der Waals surface area contributed by atoms with E-state index in [0.29, 0.717) is 0 Å². The summed E-state index contributed by atoms with van der Waals surface area (Å²) in [6, 6.07) is 6.52. The SMILES string of the molecule is CCn1ncnc1CC(NN)c1cc(C)cc(C)c1. The third-order valence-electron chi connectivity index (χ3n) is 3.23. The van der Waals surface area contributed by atoms with Crippen molar-refractivity contribution in [2.45, 2.75) is 39.8 Å². The molecule has 2 aromatic rings. The van der Waals surface area contributed by atoms with E-state index >= 15 is 0 Å². The van der Waals surface area contributed by atoms with Crippen LogP contribution in [0.1, 0.15) is 35.5 Å². The molecule has 0 saturated heterocycles. The Hall–Kier alpha value is -1.72. The van der Waals surface area contributed by atoms with Gasteiger partial charge in [0.1, 0.15) is 12.2 Å². The van der Waals surface area contributed by atoms with Gasteiger partial charge in [-0.1, -0.05) is 29.3 Å². The average Bonchev–Trinajstić information content (AvgIpc) is 2.81. The van der Waals surface area contributed by atoms with E-state index in [1.165, 1.54) is 16.7 Å². The molecule has 0 radical (unpaired) electrons. The van der Waals surface area contributed by atoms with Crippen molar-refractivity contribution in [1.82, 2.24) is 20.2 Å². The molecular weight excluding hydrogens is 238 g/mol. The summed E-state index contributed by atoms with van der Waals surface area (Å²) < 4.78 is 1.90. The van der Waals surface area contributed by atoms with Gasteiger partial charge in [-0.3, -0.25) is 16.0 Å². The van der Waals surface area contributed by atoms with E-state index in [0.717, 1.165) is 18.8 Å². The molecule has 5 nitrogen and oxygen atoms in total. The highest BCUT2D eigenvalue weighted by atomic mass is 15.3. The first-order valence-corrected chi connectivity index (χ1v) is 6.55. The zero-order valence-corrected chi connectivity index (χ0v) is 11.7. The van der Waals surface area contributed by atoms with E-state index < -0.39 is 0 Å². The van der Waals surface area contributed by atoms with Gasteiger partial charge in [-0.05, 0) is 26.3 Å². The van der Waals surface area contributed by atoms with Gasteiger partial charge in [0.2, 0.25) is 0 Å². The number of nitrogens with zero attached hydrogens (tertiary/aromatic N) is 3. The summed E-state index contributed by atoms with van der Waals surface area (Å²) >= 11 is 0. The molecule has 2 rings (SSSR count). The first kappa shape index (κ1) is 13.7. The number of hydrogen-bond donors (Lipinski definition) is 2. The maximum Gasteiger partial charge on any atom is 0.138 e. The number of nitrogens with one attached hydrogen (secondary N) is 1. The number of benzene rings is 1. The lowest BCUT2D eigenvalue weighted by Crippen LogP contribution is -2.30. The second-order valence-electron chi connectivity index (χ2n) is 4.84. The highest BCUT2D eigenvalue weighted by Gasteiger charge is 2.14. The molecule has 0 saturated carbocycles. The molecule has 0 fully saturated rings. The van der Waals surface area contributed by atoms with Crippen LogP contribution in [0.4, 0.5) is 0 Å². The summed E-state index contributed by atoms with van der Waals surface area (Å²) in [6.07, 6.45) is 2.32. The van der Waals surface area contributed by atoms with Gasteiger partial charge in [0.15, 0.2) is 0 Å². The second-order valence-corrected chi connectivity index (χ2v) is 4.84. The van der Waals surface area contributed by atoms with Crippen LogP contribution in [0.5, 0.6) is 0 Å². The first-order chi connectivity index (χ1) is 9.13. The minimum Gasteiger partial charge on any atom is -0.271 e. The maximum absolute atomic E-state index is 5.71. The third-order valence-corrected chi connectivity index (χ3v) is 3.23. The lowest BCUT2D eigenvalue weighted by atomic mass is 9.99. The molecule has 0 amide bonds. The zero-order valence-electron chi connectivity index (χ0n) is 11.7. The van der Waals surface area contributed by atoms with Gasteiger partial charge in [0.05, 0.1) is 6.04 Å². The fourth-order valence-corrected chi connectivity index (χ4v) is 2.38. The van der Waals surface area contributed by atoms with E-state index in [-0.39, 0.29) is 6.04 Å². The van der Waals surface area contributed by atoms with Crippen molar-refractivity contribution >= 4 is 0 Å². The number of rotatable bonds is 5. The normalized spacial score (nSPS) is 12.6. The largest absolute Gasteiger partial charge is 0.271 e. The molecule has 0 aliphatic rings. The van der Waals surface area contributed by atoms with Crippen molar-refractivity contribution in [3.8, 4) is 0 Å². The van der Waals surface area contributed by atoms with Crippen molar-refractivity contribution in [2.24, 2.45) is 5.84 Å². The number of aromatic nitrogens is 3. The van der Waals surface area contributed by atoms with Gasteiger partial charge in [-0.15, -0.1) is 0 Å². The number of nitrogens with two attached hydrogens (primary N) is 1. The monoisotopic (exact) mass is 259 g/mol. The van der Waals surface area contributed by atoms with Gasteiger partial charge in [-0.25, -0.2) is 4.98 Å². The number of hydrazine groups is 1. The zero-order chi connectivity index (χ0) is 13.8. The summed E-state index contributed by atoms with van der Waals surface area (Å²) in [5, 5.41) is 4.19. The summed E-state index contributed by atoms with van der Waals surface area (Å²) in [6.45, 7) is 7.07. The van der Waals surface area contributed by atoms with Crippen LogP contribution in [0.25, 0.3) is 0 Å². The molecule has 0 spiro atoms. The van der Waals surface area contributed by atoms with Crippen LogP contribution in [-0.2, 0) is 13.0 Å². The van der Waals surface area contributed by atoms with Gasteiger partial charge in [-0.2, -0.15) is 5.10 Å². The summed E-state index contributed by atoms with van der Waals surface area (Å²) in [7, 11) is 0. The lowest BCUT2D eigenvalue weighted by Gasteiger charge is -2.17. The molecule has 1 aromatic heterocycles. The molecule has 0 bridgehead atoms. The maximum atomic E-state index is 5.71. The molecule has 102 valence electrons. The van der Waals surface area contributed by atoms with Crippen LogP contribution in [0, 0.1) is 13.8 Å². The fraction of sp³-hybridized carbons (Fsp3) is 0.429. The minimum atomic E-state index is 0.0492. The summed E-state index contributed by atoms with van der Waals surface area (Å²) in [4.78, 5) is 4.30. The molecule has 5 heteroatoms. The van der Waals surface area contributed by atoms with Crippen LogP contribution < -0.4 is 11.3 Å². The Morgan fingerprint density at radius 2 is 1.95 bits per heavy atom. The van der Waals surface area contributed by atoms with E-state index in [9.17, 15) is 0 Å². The van der Waals surface area contributed by atoms with Crippen LogP contribution in [0.15, 0.2) is 24.5 Å². The Kier molecular flexibility index (Phi) is 4.29. The molecule has 1 atom stereocenters. The predicted octanol–water partition coefficient (Wildman–Crippen LogP) is 1.66. The highest BCUT2D eigenvalue weighted by molar-refractivity contribution is 5.31. The molecule has 19 heavy (non-hydrogen) atoms. The van der Waals surface area contributed by atoms with Crippen molar-refractivity contribution in [2.75, 3.05) is 0 Å². The fourth-order valence-electron chi connectivity index (χ4n) is 2.38. The molecular formula is C14H21N5. The number of aryl methyl sites for hydroxylation is 3. The molecule has 0 aliphatic heterocycles. The smallest absolute Gasteiger partial charge is 0.138 e. The van der Waals surface area contributed by atoms with Crippen molar-refractivity contribution in [3.63, 3.8) is 0 Å². The number of hydrogen-bond acceptors (Lipinski definition) is 4. The van der Waals surface area contributed by atoms with Crippen molar-refractivity contribution < 1.29 is 0 Å². The standard InChI is InChI=1S/C14H21N5/c1-4-19-14(16-9-17-19)8-13(18-15)12-6-10(2)5-11(3)7-12/h5-7,9,13,18H,4,8,15H2,1-3H3. The molecule has 1 heterocycles. The summed E-state index contributed by atoms with van der Waals surface area (Å²) in [5.41, 5.74) is 6.55. The highest BCUT2D eigenvalue weighted by Crippen LogP contribution is 2.19. The Morgan fingerprint density at radius 3 is 2.53 bits per heavy atom. The van der Waals surface area contributed by atoms with Gasteiger partial charge >= 0.3 is 0 Å². The molecule has 1 aromatic carbocycles. The van der Waals surface area contributed by atoms with Crippen molar-refractivity contribution in [1.29, 1.82) is 0 Å². The Morgan fingerprint density at radius 1 is 1.26 bits per heavy atom. The first-order valence-electron chi connectivity index (χ1n) is 6.55. The second kappa shape index (κ2) is 5.95. The summed E-state index contributed by atoms with van der Waals surface area (Å²) in [5.74, 6) is 6.65. The van der Waals surface area contributed by atoms with E-state index in [4.69, 9.17) is 5.84 Å². The topological polar surface area (TPSA) is 68.8 Å².